The Morgan fingerprint density at radius 1 is 1.50 bits per heavy atom. The summed E-state index contributed by atoms with van der Waals surface area (Å²) in [6.07, 6.45) is 3.09. The lowest BCUT2D eigenvalue weighted by Crippen LogP contribution is -2.40. The average molecular weight is 366 g/mol. The maximum Gasteiger partial charge on any atom is 0.243 e. The summed E-state index contributed by atoms with van der Waals surface area (Å²) in [5, 5.41) is 9.07. The molecule has 1 aromatic carbocycles. The Hall–Kier alpha value is -0.500. The molecule has 1 aliphatic carbocycles. The topological polar surface area (TPSA) is 66.4 Å². The molecule has 20 heavy (non-hydrogen) atoms. The van der Waals surface area contributed by atoms with Crippen molar-refractivity contribution in [3.63, 3.8) is 0 Å². The smallest absolute Gasteiger partial charge is 0.243 e. The van der Waals surface area contributed by atoms with E-state index in [0.29, 0.717) is 10.4 Å². The maximum absolute atomic E-state index is 14.1. The van der Waals surface area contributed by atoms with Gasteiger partial charge in [0, 0.05) is 16.1 Å². The molecular formula is C13H17BrFNO3S. The molecule has 0 bridgehead atoms. The van der Waals surface area contributed by atoms with E-state index >= 15 is 0 Å². The van der Waals surface area contributed by atoms with Gasteiger partial charge >= 0.3 is 0 Å². The van der Waals surface area contributed by atoms with Gasteiger partial charge in [0.05, 0.1) is 6.61 Å². The Bertz CT molecular complexity index is 602. The molecule has 1 fully saturated rings. The summed E-state index contributed by atoms with van der Waals surface area (Å²) in [6.45, 7) is 1.25. The third kappa shape index (κ3) is 3.21. The predicted octanol–water partition coefficient (Wildman–Crippen LogP) is 2.55. The Morgan fingerprint density at radius 2 is 2.15 bits per heavy atom. The van der Waals surface area contributed by atoms with Gasteiger partial charge < -0.3 is 5.11 Å². The molecule has 0 radical (unpaired) electrons. The van der Waals surface area contributed by atoms with Gasteiger partial charge in [0.15, 0.2) is 0 Å². The van der Waals surface area contributed by atoms with Gasteiger partial charge in [-0.3, -0.25) is 0 Å². The molecule has 0 spiro atoms. The van der Waals surface area contributed by atoms with Gasteiger partial charge in [0.2, 0.25) is 10.0 Å². The van der Waals surface area contributed by atoms with E-state index in [1.165, 1.54) is 12.1 Å². The van der Waals surface area contributed by atoms with Gasteiger partial charge in [-0.15, -0.1) is 0 Å². The van der Waals surface area contributed by atoms with Crippen LogP contribution in [0.15, 0.2) is 21.5 Å². The number of sulfonamides is 1. The minimum atomic E-state index is -3.93. The largest absolute Gasteiger partial charge is 0.392 e. The lowest BCUT2D eigenvalue weighted by Gasteiger charge is -2.31. The van der Waals surface area contributed by atoms with Crippen LogP contribution < -0.4 is 4.72 Å². The highest BCUT2D eigenvalue weighted by Crippen LogP contribution is 2.31. The van der Waals surface area contributed by atoms with Crippen LogP contribution in [0.25, 0.3) is 0 Å². The maximum atomic E-state index is 14.1. The number of hydrogen-bond acceptors (Lipinski definition) is 3. The number of aliphatic hydroxyl groups is 1. The van der Waals surface area contributed by atoms with Crippen molar-refractivity contribution in [2.75, 3.05) is 0 Å². The van der Waals surface area contributed by atoms with Crippen LogP contribution in [0.1, 0.15) is 31.7 Å². The van der Waals surface area contributed by atoms with E-state index in [0.717, 1.165) is 19.3 Å². The standard InChI is InChI=1S/C13H17BrFNO3S/c1-8(9-3-2-4-9)16-20(18,19)12-6-11(14)5-10(7-17)13(12)15/h5-6,8-9,16-17H,2-4,7H2,1H3. The Kier molecular flexibility index (Phi) is 4.84. The fourth-order valence-corrected chi connectivity index (χ4v) is 4.39. The summed E-state index contributed by atoms with van der Waals surface area (Å²) >= 11 is 3.13. The first-order valence-corrected chi connectivity index (χ1v) is 8.74. The van der Waals surface area contributed by atoms with E-state index in [4.69, 9.17) is 5.11 Å². The van der Waals surface area contributed by atoms with E-state index in [1.54, 1.807) is 6.92 Å². The van der Waals surface area contributed by atoms with Crippen LogP contribution >= 0.6 is 15.9 Å². The van der Waals surface area contributed by atoms with Crippen molar-refractivity contribution in [3.8, 4) is 0 Å². The summed E-state index contributed by atoms with van der Waals surface area (Å²) < 4.78 is 41.6. The van der Waals surface area contributed by atoms with Crippen molar-refractivity contribution < 1.29 is 17.9 Å². The normalized spacial score (nSPS) is 17.8. The fraction of sp³-hybridized carbons (Fsp3) is 0.538. The summed E-state index contributed by atoms with van der Waals surface area (Å²) in [7, 11) is -3.93. The molecule has 1 unspecified atom stereocenters. The molecule has 0 aromatic heterocycles. The van der Waals surface area contributed by atoms with E-state index in [1.807, 2.05) is 0 Å². The molecule has 112 valence electrons. The fourth-order valence-electron chi connectivity index (χ4n) is 2.27. The molecule has 0 saturated heterocycles. The van der Waals surface area contributed by atoms with E-state index in [2.05, 4.69) is 20.7 Å². The van der Waals surface area contributed by atoms with Gasteiger partial charge in [-0.05, 0) is 37.8 Å². The highest BCUT2D eigenvalue weighted by Gasteiger charge is 2.30. The monoisotopic (exact) mass is 365 g/mol. The molecule has 1 saturated carbocycles. The molecule has 0 heterocycles. The van der Waals surface area contributed by atoms with Crippen LogP contribution in [0, 0.1) is 11.7 Å². The summed E-state index contributed by atoms with van der Waals surface area (Å²) in [5.74, 6) is -0.582. The molecule has 0 amide bonds. The Morgan fingerprint density at radius 3 is 2.65 bits per heavy atom. The first-order chi connectivity index (χ1) is 9.35. The van der Waals surface area contributed by atoms with Crippen LogP contribution in [0.2, 0.25) is 0 Å². The molecule has 2 N–H and O–H groups in total. The van der Waals surface area contributed by atoms with Crippen molar-refractivity contribution in [3.05, 3.63) is 28.0 Å². The van der Waals surface area contributed by atoms with Gasteiger partial charge in [-0.2, -0.15) is 0 Å². The van der Waals surface area contributed by atoms with Crippen LogP contribution in [0.4, 0.5) is 4.39 Å². The SMILES string of the molecule is CC(NS(=O)(=O)c1cc(Br)cc(CO)c1F)C1CCC1. The van der Waals surface area contributed by atoms with Crippen molar-refractivity contribution in [1.82, 2.24) is 4.72 Å². The minimum Gasteiger partial charge on any atom is -0.392 e. The molecule has 1 atom stereocenters. The van der Waals surface area contributed by atoms with Gasteiger partial charge in [0.25, 0.3) is 0 Å². The minimum absolute atomic E-state index is 0.0453. The van der Waals surface area contributed by atoms with Crippen LogP contribution in [-0.4, -0.2) is 19.6 Å². The highest BCUT2D eigenvalue weighted by molar-refractivity contribution is 9.10. The van der Waals surface area contributed by atoms with Crippen LogP contribution in [0.3, 0.4) is 0 Å². The van der Waals surface area contributed by atoms with Gasteiger partial charge in [0.1, 0.15) is 10.7 Å². The predicted molar refractivity (Wildman–Crippen MR) is 77.1 cm³/mol. The number of nitrogens with one attached hydrogen (secondary N) is 1. The van der Waals surface area contributed by atoms with Crippen molar-refractivity contribution >= 4 is 26.0 Å². The van der Waals surface area contributed by atoms with Crippen LogP contribution in [-0.2, 0) is 16.6 Å². The zero-order valence-electron chi connectivity index (χ0n) is 11.1. The van der Waals surface area contributed by atoms with Crippen molar-refractivity contribution in [2.45, 2.75) is 43.7 Å². The Balaban J connectivity index is 2.31. The Labute approximate surface area is 126 Å². The number of rotatable bonds is 5. The molecule has 0 aliphatic heterocycles. The number of benzene rings is 1. The van der Waals surface area contributed by atoms with E-state index in [-0.39, 0.29) is 11.6 Å². The van der Waals surface area contributed by atoms with Crippen molar-refractivity contribution in [1.29, 1.82) is 0 Å². The van der Waals surface area contributed by atoms with E-state index < -0.39 is 27.3 Å². The third-order valence-corrected chi connectivity index (χ3v) is 5.75. The summed E-state index contributed by atoms with van der Waals surface area (Å²) in [4.78, 5) is -0.429. The summed E-state index contributed by atoms with van der Waals surface area (Å²) in [6, 6.07) is 2.36. The van der Waals surface area contributed by atoms with Crippen molar-refractivity contribution in [2.24, 2.45) is 5.92 Å². The molecule has 7 heteroatoms. The average Bonchev–Trinajstić information content (AvgIpc) is 2.28. The van der Waals surface area contributed by atoms with E-state index in [9.17, 15) is 12.8 Å². The molecule has 4 nitrogen and oxygen atoms in total. The summed E-state index contributed by atoms with van der Waals surface area (Å²) in [5.41, 5.74) is -0.0453. The molecule has 1 aromatic rings. The number of aliphatic hydroxyl groups excluding tert-OH is 1. The molecular weight excluding hydrogens is 349 g/mol. The third-order valence-electron chi connectivity index (χ3n) is 3.74. The zero-order chi connectivity index (χ0) is 14.9. The zero-order valence-corrected chi connectivity index (χ0v) is 13.5. The highest BCUT2D eigenvalue weighted by atomic mass is 79.9. The lowest BCUT2D eigenvalue weighted by atomic mass is 9.81. The molecule has 1 aliphatic rings. The lowest BCUT2D eigenvalue weighted by molar-refractivity contribution is 0.260. The van der Waals surface area contributed by atoms with Gasteiger partial charge in [-0.25, -0.2) is 17.5 Å². The number of hydrogen-bond donors (Lipinski definition) is 2. The second kappa shape index (κ2) is 6.09. The molecule has 2 rings (SSSR count). The second-order valence-corrected chi connectivity index (χ2v) is 7.73. The van der Waals surface area contributed by atoms with Gasteiger partial charge in [-0.1, -0.05) is 22.4 Å². The number of halogens is 2. The quantitative estimate of drug-likeness (QED) is 0.842. The van der Waals surface area contributed by atoms with Crippen LogP contribution in [0.5, 0.6) is 0 Å². The first kappa shape index (κ1) is 15.9. The first-order valence-electron chi connectivity index (χ1n) is 6.46. The second-order valence-electron chi connectivity index (χ2n) is 5.14.